The van der Waals surface area contributed by atoms with E-state index in [9.17, 15) is 9.59 Å². The van der Waals surface area contributed by atoms with Crippen molar-refractivity contribution in [1.29, 1.82) is 0 Å². The van der Waals surface area contributed by atoms with Gasteiger partial charge in [0.25, 0.3) is 0 Å². The number of amides is 2. The molecule has 0 radical (unpaired) electrons. The van der Waals surface area contributed by atoms with Gasteiger partial charge < -0.3 is 15.0 Å². The molecule has 2 aromatic carbocycles. The highest BCUT2D eigenvalue weighted by Crippen LogP contribution is 2.20. The molecule has 0 unspecified atom stereocenters. The third-order valence-electron chi connectivity index (χ3n) is 6.04. The minimum atomic E-state index is -0.480. The molecule has 2 amide bonds. The van der Waals surface area contributed by atoms with Gasteiger partial charge in [0.05, 0.1) is 13.5 Å². The molecule has 1 aliphatic carbocycles. The van der Waals surface area contributed by atoms with Gasteiger partial charge in [-0.05, 0) is 49.4 Å². The van der Waals surface area contributed by atoms with Crippen molar-refractivity contribution in [1.82, 2.24) is 10.2 Å². The zero-order valence-electron chi connectivity index (χ0n) is 18.9. The van der Waals surface area contributed by atoms with Crippen LogP contribution in [-0.2, 0) is 22.6 Å². The Balaban J connectivity index is 1.80. The van der Waals surface area contributed by atoms with Gasteiger partial charge in [0.2, 0.25) is 11.8 Å². The molecule has 1 saturated carbocycles. The van der Waals surface area contributed by atoms with Gasteiger partial charge >= 0.3 is 0 Å². The third kappa shape index (κ3) is 6.33. The van der Waals surface area contributed by atoms with Crippen molar-refractivity contribution >= 4 is 11.8 Å². The molecule has 0 bridgehead atoms. The van der Waals surface area contributed by atoms with Crippen molar-refractivity contribution in [2.45, 2.75) is 71.0 Å². The van der Waals surface area contributed by atoms with Gasteiger partial charge in [0, 0.05) is 12.6 Å². The Morgan fingerprint density at radius 3 is 2.42 bits per heavy atom. The largest absolute Gasteiger partial charge is 0.497 e. The number of benzene rings is 2. The van der Waals surface area contributed by atoms with Crippen LogP contribution < -0.4 is 10.1 Å². The van der Waals surface area contributed by atoms with Crippen LogP contribution in [0.1, 0.15) is 55.7 Å². The maximum Gasteiger partial charge on any atom is 0.243 e. The van der Waals surface area contributed by atoms with Crippen LogP contribution in [0.4, 0.5) is 0 Å². The van der Waals surface area contributed by atoms with Gasteiger partial charge in [-0.3, -0.25) is 9.59 Å². The van der Waals surface area contributed by atoms with Crippen molar-refractivity contribution in [2.75, 3.05) is 7.11 Å². The van der Waals surface area contributed by atoms with Crippen LogP contribution in [0.15, 0.2) is 48.5 Å². The second-order valence-electron chi connectivity index (χ2n) is 8.45. The lowest BCUT2D eigenvalue weighted by Gasteiger charge is -2.31. The Kier molecular flexibility index (Phi) is 8.10. The summed E-state index contributed by atoms with van der Waals surface area (Å²) in [5.74, 6) is 0.681. The van der Waals surface area contributed by atoms with E-state index in [1.807, 2.05) is 56.3 Å². The fourth-order valence-electron chi connectivity index (χ4n) is 4.31. The molecular formula is C26H34N2O3. The van der Waals surface area contributed by atoms with Crippen LogP contribution >= 0.6 is 0 Å². The second-order valence-corrected chi connectivity index (χ2v) is 8.45. The van der Waals surface area contributed by atoms with Crippen LogP contribution in [0.25, 0.3) is 0 Å². The van der Waals surface area contributed by atoms with Gasteiger partial charge in [-0.2, -0.15) is 0 Å². The van der Waals surface area contributed by atoms with E-state index in [2.05, 4.69) is 11.4 Å². The molecule has 2 aromatic rings. The minimum absolute atomic E-state index is 0.0369. The molecule has 0 saturated heterocycles. The molecule has 0 spiro atoms. The number of hydrogen-bond donors (Lipinski definition) is 1. The van der Waals surface area contributed by atoms with Gasteiger partial charge in [-0.25, -0.2) is 0 Å². The number of carbonyl (C=O) groups is 2. The summed E-state index contributed by atoms with van der Waals surface area (Å²) in [5, 5.41) is 3.19. The fraction of sp³-hybridized carbons (Fsp3) is 0.462. The minimum Gasteiger partial charge on any atom is -0.497 e. The standard InChI is InChI=1S/C26H34N2O3/c1-4-24(26(30)27-22-10-5-6-11-22)28(18-21-9-7-8-19(2)16-21)25(29)17-20-12-14-23(31-3)15-13-20/h7-9,12-16,22,24H,4-6,10-11,17-18H2,1-3H3,(H,27,30)/t24-/m1/s1. The molecule has 3 rings (SSSR count). The van der Waals surface area contributed by atoms with Crippen molar-refractivity contribution in [3.8, 4) is 5.75 Å². The van der Waals surface area contributed by atoms with Crippen molar-refractivity contribution < 1.29 is 14.3 Å². The summed E-state index contributed by atoms with van der Waals surface area (Å²) in [6.07, 6.45) is 5.21. The summed E-state index contributed by atoms with van der Waals surface area (Å²) in [7, 11) is 1.62. The Morgan fingerprint density at radius 1 is 1.10 bits per heavy atom. The smallest absolute Gasteiger partial charge is 0.243 e. The number of methoxy groups -OCH3 is 1. The number of nitrogens with one attached hydrogen (secondary N) is 1. The van der Waals surface area contributed by atoms with Gasteiger partial charge in [0.1, 0.15) is 11.8 Å². The van der Waals surface area contributed by atoms with E-state index in [0.717, 1.165) is 48.1 Å². The van der Waals surface area contributed by atoms with Crippen LogP contribution in [-0.4, -0.2) is 35.9 Å². The van der Waals surface area contributed by atoms with Crippen molar-refractivity contribution in [3.63, 3.8) is 0 Å². The molecule has 5 nitrogen and oxygen atoms in total. The van der Waals surface area contributed by atoms with Gasteiger partial charge in [-0.1, -0.05) is 61.7 Å². The summed E-state index contributed by atoms with van der Waals surface area (Å²) in [6, 6.07) is 15.4. The van der Waals surface area contributed by atoms with E-state index in [0.29, 0.717) is 13.0 Å². The van der Waals surface area contributed by atoms with Crippen molar-refractivity contribution in [2.24, 2.45) is 0 Å². The zero-order valence-corrected chi connectivity index (χ0v) is 18.9. The molecule has 0 aromatic heterocycles. The molecule has 166 valence electrons. The van der Waals surface area contributed by atoms with E-state index in [-0.39, 0.29) is 24.3 Å². The van der Waals surface area contributed by atoms with E-state index in [1.165, 1.54) is 0 Å². The molecule has 1 atom stereocenters. The highest BCUT2D eigenvalue weighted by atomic mass is 16.5. The Morgan fingerprint density at radius 2 is 1.81 bits per heavy atom. The zero-order chi connectivity index (χ0) is 22.2. The first-order valence-corrected chi connectivity index (χ1v) is 11.3. The predicted octanol–water partition coefficient (Wildman–Crippen LogP) is 4.41. The van der Waals surface area contributed by atoms with Crippen LogP contribution in [0, 0.1) is 6.92 Å². The number of rotatable bonds is 9. The maximum atomic E-state index is 13.4. The SMILES string of the molecule is CC[C@H](C(=O)NC1CCCC1)N(Cc1cccc(C)c1)C(=O)Cc1ccc(OC)cc1. The monoisotopic (exact) mass is 422 g/mol. The summed E-state index contributed by atoms with van der Waals surface area (Å²) >= 11 is 0. The summed E-state index contributed by atoms with van der Waals surface area (Å²) in [5.41, 5.74) is 3.09. The molecule has 0 heterocycles. The molecule has 5 heteroatoms. The number of hydrogen-bond acceptors (Lipinski definition) is 3. The molecule has 31 heavy (non-hydrogen) atoms. The molecule has 0 aliphatic heterocycles. The topological polar surface area (TPSA) is 58.6 Å². The Hall–Kier alpha value is -2.82. The Labute approximate surface area is 185 Å². The van der Waals surface area contributed by atoms with Crippen molar-refractivity contribution in [3.05, 3.63) is 65.2 Å². The number of aryl methyl sites for hydroxylation is 1. The summed E-state index contributed by atoms with van der Waals surface area (Å²) < 4.78 is 5.21. The van der Waals surface area contributed by atoms with Crippen LogP contribution in [0.5, 0.6) is 5.75 Å². The highest BCUT2D eigenvalue weighted by Gasteiger charge is 2.30. The summed E-state index contributed by atoms with van der Waals surface area (Å²) in [6.45, 7) is 4.44. The number of ether oxygens (including phenoxy) is 1. The average Bonchev–Trinajstić information content (AvgIpc) is 3.27. The average molecular weight is 423 g/mol. The van der Waals surface area contributed by atoms with Gasteiger partial charge in [-0.15, -0.1) is 0 Å². The first-order chi connectivity index (χ1) is 15.0. The van der Waals surface area contributed by atoms with Crippen LogP contribution in [0.2, 0.25) is 0 Å². The normalized spacial score (nSPS) is 14.8. The molecular weight excluding hydrogens is 388 g/mol. The molecule has 1 fully saturated rings. The quantitative estimate of drug-likeness (QED) is 0.651. The third-order valence-corrected chi connectivity index (χ3v) is 6.04. The van der Waals surface area contributed by atoms with E-state index in [4.69, 9.17) is 4.74 Å². The Bertz CT molecular complexity index is 872. The number of carbonyl (C=O) groups excluding carboxylic acids is 2. The first kappa shape index (κ1) is 22.9. The molecule has 1 N–H and O–H groups in total. The highest BCUT2D eigenvalue weighted by molar-refractivity contribution is 5.88. The fourth-order valence-corrected chi connectivity index (χ4v) is 4.31. The number of nitrogens with zero attached hydrogens (tertiary/aromatic N) is 1. The van der Waals surface area contributed by atoms with Crippen LogP contribution in [0.3, 0.4) is 0 Å². The second kappa shape index (κ2) is 11.0. The van der Waals surface area contributed by atoms with E-state index in [1.54, 1.807) is 12.0 Å². The lowest BCUT2D eigenvalue weighted by Crippen LogP contribution is -2.51. The van der Waals surface area contributed by atoms with E-state index < -0.39 is 6.04 Å². The van der Waals surface area contributed by atoms with E-state index >= 15 is 0 Å². The molecule has 1 aliphatic rings. The lowest BCUT2D eigenvalue weighted by molar-refractivity contribution is -0.141. The van der Waals surface area contributed by atoms with Gasteiger partial charge in [0.15, 0.2) is 0 Å². The predicted molar refractivity (Wildman–Crippen MR) is 123 cm³/mol. The lowest BCUT2D eigenvalue weighted by atomic mass is 10.0. The summed E-state index contributed by atoms with van der Waals surface area (Å²) in [4.78, 5) is 28.3. The first-order valence-electron chi connectivity index (χ1n) is 11.3. The maximum absolute atomic E-state index is 13.4.